The third kappa shape index (κ3) is 4.11. The lowest BCUT2D eigenvalue weighted by Gasteiger charge is -2.29. The largest absolute Gasteiger partial charge is 0.482 e. The molecule has 114 valence electrons. The van der Waals surface area contributed by atoms with Crippen molar-refractivity contribution in [2.45, 2.75) is 19.8 Å². The lowest BCUT2D eigenvalue weighted by molar-refractivity contribution is -0.121. The van der Waals surface area contributed by atoms with Crippen molar-refractivity contribution in [1.29, 1.82) is 0 Å². The van der Waals surface area contributed by atoms with Gasteiger partial charge in [-0.05, 0) is 25.0 Å². The summed E-state index contributed by atoms with van der Waals surface area (Å²) in [5, 5.41) is 3.05. The van der Waals surface area contributed by atoms with Gasteiger partial charge in [-0.15, -0.1) is 0 Å². The molecule has 1 aliphatic rings. The molecular weight excluding hydrogens is 268 g/mol. The molecule has 1 heterocycles. The zero-order valence-corrected chi connectivity index (χ0v) is 12.3. The molecule has 6 heteroatoms. The molecule has 0 aliphatic carbocycles. The number of amides is 1. The Kier molecular flexibility index (Phi) is 5.43. The van der Waals surface area contributed by atoms with Gasteiger partial charge < -0.3 is 20.7 Å². The Morgan fingerprint density at radius 3 is 3.10 bits per heavy atom. The van der Waals surface area contributed by atoms with Crippen LogP contribution >= 0.6 is 0 Å². The van der Waals surface area contributed by atoms with Crippen molar-refractivity contribution in [3.05, 3.63) is 24.3 Å². The van der Waals surface area contributed by atoms with E-state index in [1.54, 1.807) is 4.90 Å². The van der Waals surface area contributed by atoms with Gasteiger partial charge in [-0.25, -0.2) is 0 Å². The number of carbonyl (C=O) groups excluding carboxylic acids is 1. The Hall–Kier alpha value is -2.24. The van der Waals surface area contributed by atoms with Gasteiger partial charge in [0.15, 0.2) is 12.6 Å². The van der Waals surface area contributed by atoms with Gasteiger partial charge in [0, 0.05) is 19.6 Å². The molecule has 21 heavy (non-hydrogen) atoms. The second-order valence-electron chi connectivity index (χ2n) is 4.85. The predicted molar refractivity (Wildman–Crippen MR) is 83.7 cm³/mol. The molecule has 0 saturated carbocycles. The molecule has 0 aromatic heterocycles. The molecule has 2 rings (SSSR count). The number of para-hydroxylation sites is 2. The van der Waals surface area contributed by atoms with Crippen LogP contribution in [0.4, 0.5) is 5.69 Å². The highest BCUT2D eigenvalue weighted by atomic mass is 16.5. The number of nitrogens with zero attached hydrogens (tertiary/aromatic N) is 2. The van der Waals surface area contributed by atoms with E-state index in [4.69, 9.17) is 10.5 Å². The average Bonchev–Trinajstić information content (AvgIpc) is 2.51. The van der Waals surface area contributed by atoms with Crippen molar-refractivity contribution in [1.82, 2.24) is 5.32 Å². The highest BCUT2D eigenvalue weighted by molar-refractivity contribution is 5.97. The monoisotopic (exact) mass is 290 g/mol. The van der Waals surface area contributed by atoms with Crippen molar-refractivity contribution >= 4 is 17.6 Å². The number of aliphatic imine (C=N–C) groups is 1. The van der Waals surface area contributed by atoms with Crippen molar-refractivity contribution in [3.8, 4) is 5.75 Å². The maximum atomic E-state index is 12.0. The fraction of sp³-hybridized carbons (Fsp3) is 0.467. The Balaban J connectivity index is 1.84. The minimum absolute atomic E-state index is 0.0127. The third-order valence-corrected chi connectivity index (χ3v) is 3.18. The quantitative estimate of drug-likeness (QED) is 0.467. The van der Waals surface area contributed by atoms with E-state index in [1.807, 2.05) is 24.3 Å². The average molecular weight is 290 g/mol. The fourth-order valence-corrected chi connectivity index (χ4v) is 2.14. The van der Waals surface area contributed by atoms with E-state index in [0.29, 0.717) is 19.0 Å². The van der Waals surface area contributed by atoms with E-state index in [9.17, 15) is 4.79 Å². The first-order chi connectivity index (χ1) is 10.2. The number of rotatable bonds is 6. The first-order valence-corrected chi connectivity index (χ1v) is 7.28. The van der Waals surface area contributed by atoms with E-state index in [0.717, 1.165) is 30.8 Å². The summed E-state index contributed by atoms with van der Waals surface area (Å²) in [6.07, 6.45) is 1.77. The summed E-state index contributed by atoms with van der Waals surface area (Å²) in [5.41, 5.74) is 6.56. The Bertz CT molecular complexity index is 516. The summed E-state index contributed by atoms with van der Waals surface area (Å²) in [4.78, 5) is 17.9. The van der Waals surface area contributed by atoms with Crippen molar-refractivity contribution in [2.24, 2.45) is 10.7 Å². The molecule has 1 aromatic rings. The fourth-order valence-electron chi connectivity index (χ4n) is 2.14. The molecule has 1 amide bonds. The maximum absolute atomic E-state index is 12.0. The molecule has 0 unspecified atom stereocenters. The number of ether oxygens (including phenoxy) is 1. The Labute approximate surface area is 125 Å². The smallest absolute Gasteiger partial charge is 0.265 e. The molecule has 3 N–H and O–H groups in total. The highest BCUT2D eigenvalue weighted by Gasteiger charge is 2.24. The predicted octanol–water partition coefficient (Wildman–Crippen LogP) is 1.12. The number of hydrogen-bond acceptors (Lipinski definition) is 3. The van der Waals surface area contributed by atoms with Gasteiger partial charge in [0.2, 0.25) is 0 Å². The number of fused-ring (bicyclic) bond motifs is 1. The van der Waals surface area contributed by atoms with Gasteiger partial charge in [-0.2, -0.15) is 0 Å². The summed E-state index contributed by atoms with van der Waals surface area (Å²) in [5.74, 6) is 1.21. The molecule has 0 spiro atoms. The van der Waals surface area contributed by atoms with Crippen LogP contribution in [-0.2, 0) is 4.79 Å². The van der Waals surface area contributed by atoms with Crippen LogP contribution in [0.3, 0.4) is 0 Å². The van der Waals surface area contributed by atoms with Crippen LogP contribution in [-0.4, -0.2) is 38.1 Å². The van der Waals surface area contributed by atoms with Gasteiger partial charge in [0.05, 0.1) is 5.69 Å². The van der Waals surface area contributed by atoms with Crippen molar-refractivity contribution in [3.63, 3.8) is 0 Å². The van der Waals surface area contributed by atoms with Gasteiger partial charge in [-0.3, -0.25) is 9.79 Å². The third-order valence-electron chi connectivity index (χ3n) is 3.18. The number of nitrogens with one attached hydrogen (secondary N) is 1. The molecule has 0 bridgehead atoms. The van der Waals surface area contributed by atoms with Crippen molar-refractivity contribution < 1.29 is 9.53 Å². The molecule has 0 radical (unpaired) electrons. The standard InChI is InChI=1S/C15H22N4O2/c1-2-8-17-15(16)18-9-5-10-19-12-6-3-4-7-13(12)21-11-14(19)20/h3-4,6-7H,2,5,8-11H2,1H3,(H3,16,17,18). The minimum Gasteiger partial charge on any atom is -0.482 e. The van der Waals surface area contributed by atoms with Gasteiger partial charge in [-0.1, -0.05) is 19.1 Å². The van der Waals surface area contributed by atoms with Gasteiger partial charge in [0.25, 0.3) is 5.91 Å². The minimum atomic E-state index is -0.0127. The van der Waals surface area contributed by atoms with Crippen LogP contribution in [0, 0.1) is 0 Å². The number of guanidine groups is 1. The molecule has 6 nitrogen and oxygen atoms in total. The Morgan fingerprint density at radius 1 is 1.48 bits per heavy atom. The van der Waals surface area contributed by atoms with E-state index >= 15 is 0 Å². The summed E-state index contributed by atoms with van der Waals surface area (Å²) in [6.45, 7) is 4.20. The van der Waals surface area contributed by atoms with Gasteiger partial charge in [0.1, 0.15) is 5.75 Å². The first kappa shape index (κ1) is 15.2. The lowest BCUT2D eigenvalue weighted by atomic mass is 10.2. The van der Waals surface area contributed by atoms with Crippen LogP contribution in [0.5, 0.6) is 5.75 Å². The zero-order valence-electron chi connectivity index (χ0n) is 12.3. The van der Waals surface area contributed by atoms with E-state index < -0.39 is 0 Å². The lowest BCUT2D eigenvalue weighted by Crippen LogP contribution is -2.41. The summed E-state index contributed by atoms with van der Waals surface area (Å²) in [7, 11) is 0. The molecule has 0 fully saturated rings. The molecule has 1 aromatic carbocycles. The van der Waals surface area contributed by atoms with Crippen LogP contribution in [0.25, 0.3) is 0 Å². The van der Waals surface area contributed by atoms with Crippen LogP contribution in [0.2, 0.25) is 0 Å². The van der Waals surface area contributed by atoms with Crippen LogP contribution in [0.1, 0.15) is 19.8 Å². The molecule has 0 saturated heterocycles. The number of anilines is 1. The van der Waals surface area contributed by atoms with Crippen LogP contribution in [0.15, 0.2) is 29.3 Å². The van der Waals surface area contributed by atoms with Crippen LogP contribution < -0.4 is 20.7 Å². The van der Waals surface area contributed by atoms with Gasteiger partial charge >= 0.3 is 0 Å². The highest BCUT2D eigenvalue weighted by Crippen LogP contribution is 2.31. The summed E-state index contributed by atoms with van der Waals surface area (Å²) >= 11 is 0. The van der Waals surface area contributed by atoms with E-state index in [1.165, 1.54) is 0 Å². The molecule has 0 atom stereocenters. The number of nitrogens with two attached hydrogens (primary N) is 1. The topological polar surface area (TPSA) is 80.0 Å². The van der Waals surface area contributed by atoms with E-state index in [2.05, 4.69) is 17.2 Å². The maximum Gasteiger partial charge on any atom is 0.265 e. The summed E-state index contributed by atoms with van der Waals surface area (Å²) < 4.78 is 5.41. The SMILES string of the molecule is CCCN=C(N)NCCCN1C(=O)COc2ccccc21. The zero-order chi connectivity index (χ0) is 15.1. The first-order valence-electron chi connectivity index (χ1n) is 7.28. The second kappa shape index (κ2) is 7.52. The van der Waals surface area contributed by atoms with Crippen molar-refractivity contribution in [2.75, 3.05) is 31.1 Å². The van der Waals surface area contributed by atoms with E-state index in [-0.39, 0.29) is 12.5 Å². The summed E-state index contributed by atoms with van der Waals surface area (Å²) in [6, 6.07) is 7.58. The number of hydrogen-bond donors (Lipinski definition) is 2. The molecular formula is C15H22N4O2. The normalized spacial score (nSPS) is 14.6. The Morgan fingerprint density at radius 2 is 2.29 bits per heavy atom. The number of benzene rings is 1. The second-order valence-corrected chi connectivity index (χ2v) is 4.85. The molecule has 1 aliphatic heterocycles. The number of carbonyl (C=O) groups is 1.